The maximum Gasteiger partial charge on any atom is 0.340 e. The minimum atomic E-state index is -0.626. The van der Waals surface area contributed by atoms with Gasteiger partial charge in [0, 0.05) is 4.90 Å². The maximum atomic E-state index is 11.9. The number of thioether (sulfide) groups is 1. The van der Waals surface area contributed by atoms with Crippen LogP contribution in [0.4, 0.5) is 5.69 Å². The smallest absolute Gasteiger partial charge is 0.340 e. The lowest BCUT2D eigenvalue weighted by Gasteiger charge is -2.10. The highest BCUT2D eigenvalue weighted by molar-refractivity contribution is 7.98. The Morgan fingerprint density at radius 1 is 1.14 bits per heavy atom. The molecule has 114 valence electrons. The van der Waals surface area contributed by atoms with E-state index in [1.165, 1.54) is 11.8 Å². The molecule has 22 heavy (non-hydrogen) atoms. The second-order valence-electron chi connectivity index (χ2n) is 4.30. The average Bonchev–Trinajstić information content (AvgIpc) is 2.53. The van der Waals surface area contributed by atoms with Crippen molar-refractivity contribution >= 4 is 40.9 Å². The van der Waals surface area contributed by atoms with Gasteiger partial charge in [0.05, 0.1) is 16.3 Å². The van der Waals surface area contributed by atoms with Gasteiger partial charge in [0.1, 0.15) is 0 Å². The minimum absolute atomic E-state index is 0.237. The molecule has 0 heterocycles. The molecule has 0 aliphatic heterocycles. The fourth-order valence-electron chi connectivity index (χ4n) is 1.77. The van der Waals surface area contributed by atoms with E-state index in [1.807, 2.05) is 24.5 Å². The van der Waals surface area contributed by atoms with Crippen molar-refractivity contribution in [3.8, 4) is 0 Å². The number of para-hydroxylation sites is 1. The average molecular weight is 336 g/mol. The summed E-state index contributed by atoms with van der Waals surface area (Å²) >= 11 is 7.42. The Hall–Kier alpha value is -1.98. The van der Waals surface area contributed by atoms with Crippen LogP contribution in [-0.4, -0.2) is 24.7 Å². The topological polar surface area (TPSA) is 55.4 Å². The molecule has 6 heteroatoms. The zero-order valence-electron chi connectivity index (χ0n) is 11.8. The summed E-state index contributed by atoms with van der Waals surface area (Å²) < 4.78 is 4.97. The van der Waals surface area contributed by atoms with Crippen molar-refractivity contribution in [2.75, 3.05) is 18.2 Å². The van der Waals surface area contributed by atoms with Gasteiger partial charge >= 0.3 is 5.97 Å². The summed E-state index contributed by atoms with van der Waals surface area (Å²) in [5.74, 6) is -1.03. The number of halogens is 1. The van der Waals surface area contributed by atoms with Gasteiger partial charge in [0.15, 0.2) is 6.61 Å². The molecule has 0 spiro atoms. The van der Waals surface area contributed by atoms with Crippen molar-refractivity contribution in [1.82, 2.24) is 0 Å². The van der Waals surface area contributed by atoms with Gasteiger partial charge in [-0.05, 0) is 30.5 Å². The number of rotatable bonds is 5. The summed E-state index contributed by atoms with van der Waals surface area (Å²) in [4.78, 5) is 24.7. The molecule has 0 aliphatic rings. The number of esters is 1. The van der Waals surface area contributed by atoms with E-state index in [-0.39, 0.29) is 12.2 Å². The molecule has 0 unspecified atom stereocenters. The van der Waals surface area contributed by atoms with E-state index in [2.05, 4.69) is 5.32 Å². The predicted molar refractivity (Wildman–Crippen MR) is 88.6 cm³/mol. The van der Waals surface area contributed by atoms with E-state index >= 15 is 0 Å². The van der Waals surface area contributed by atoms with E-state index in [0.29, 0.717) is 10.7 Å². The summed E-state index contributed by atoms with van der Waals surface area (Å²) in [7, 11) is 0. The van der Waals surface area contributed by atoms with Crippen LogP contribution >= 0.6 is 23.4 Å². The predicted octanol–water partition coefficient (Wildman–Crippen LogP) is 3.86. The van der Waals surface area contributed by atoms with Crippen molar-refractivity contribution < 1.29 is 14.3 Å². The SMILES string of the molecule is CSc1ccccc1NC(=O)COC(=O)c1ccccc1Cl. The number of carbonyl (C=O) groups is 2. The number of amides is 1. The molecule has 0 aromatic heterocycles. The third-order valence-corrected chi connectivity index (χ3v) is 3.93. The first-order valence-corrected chi connectivity index (χ1v) is 8.06. The molecule has 0 fully saturated rings. The first-order chi connectivity index (χ1) is 10.6. The zero-order chi connectivity index (χ0) is 15.9. The molecule has 0 saturated carbocycles. The molecule has 1 N–H and O–H groups in total. The number of carbonyl (C=O) groups excluding carboxylic acids is 2. The van der Waals surface area contributed by atoms with Crippen molar-refractivity contribution in [3.05, 3.63) is 59.1 Å². The lowest BCUT2D eigenvalue weighted by molar-refractivity contribution is -0.119. The van der Waals surface area contributed by atoms with Gasteiger partial charge in [-0.15, -0.1) is 11.8 Å². The van der Waals surface area contributed by atoms with E-state index in [9.17, 15) is 9.59 Å². The van der Waals surface area contributed by atoms with E-state index in [0.717, 1.165) is 4.90 Å². The first-order valence-electron chi connectivity index (χ1n) is 6.46. The molecular weight excluding hydrogens is 322 g/mol. The second-order valence-corrected chi connectivity index (χ2v) is 5.56. The third-order valence-electron chi connectivity index (χ3n) is 2.81. The van der Waals surface area contributed by atoms with Crippen LogP contribution in [0.25, 0.3) is 0 Å². The van der Waals surface area contributed by atoms with Crippen LogP contribution in [0.2, 0.25) is 5.02 Å². The van der Waals surface area contributed by atoms with Crippen molar-refractivity contribution in [2.24, 2.45) is 0 Å². The largest absolute Gasteiger partial charge is 0.452 e. The maximum absolute atomic E-state index is 11.9. The molecule has 2 aromatic carbocycles. The lowest BCUT2D eigenvalue weighted by atomic mass is 10.2. The van der Waals surface area contributed by atoms with E-state index in [1.54, 1.807) is 30.3 Å². The number of hydrogen-bond acceptors (Lipinski definition) is 4. The Balaban J connectivity index is 1.93. The number of hydrogen-bond donors (Lipinski definition) is 1. The van der Waals surface area contributed by atoms with Crippen LogP contribution < -0.4 is 5.32 Å². The molecule has 4 nitrogen and oxygen atoms in total. The number of anilines is 1. The highest BCUT2D eigenvalue weighted by Gasteiger charge is 2.13. The van der Waals surface area contributed by atoms with Crippen LogP contribution in [-0.2, 0) is 9.53 Å². The molecule has 1 amide bonds. The van der Waals surface area contributed by atoms with Crippen LogP contribution in [0, 0.1) is 0 Å². The summed E-state index contributed by atoms with van der Waals surface area (Å²) in [6.45, 7) is -0.368. The number of benzene rings is 2. The van der Waals surface area contributed by atoms with Crippen molar-refractivity contribution in [3.63, 3.8) is 0 Å². The van der Waals surface area contributed by atoms with Crippen LogP contribution in [0.5, 0.6) is 0 Å². The summed E-state index contributed by atoms with van der Waals surface area (Å²) in [5.41, 5.74) is 0.926. The zero-order valence-corrected chi connectivity index (χ0v) is 13.4. The summed E-state index contributed by atoms with van der Waals surface area (Å²) in [6.07, 6.45) is 1.92. The van der Waals surface area contributed by atoms with Crippen LogP contribution in [0.1, 0.15) is 10.4 Å². The molecule has 0 radical (unpaired) electrons. The highest BCUT2D eigenvalue weighted by atomic mass is 35.5. The van der Waals surface area contributed by atoms with Gasteiger partial charge in [0.25, 0.3) is 5.91 Å². The first kappa shape index (κ1) is 16.4. The molecule has 0 atom stereocenters. The van der Waals surface area contributed by atoms with E-state index in [4.69, 9.17) is 16.3 Å². The molecule has 0 aliphatic carbocycles. The number of ether oxygens (including phenoxy) is 1. The Kier molecular flexibility index (Phi) is 5.86. The summed E-state index contributed by atoms with van der Waals surface area (Å²) in [5, 5.41) is 3.01. The quantitative estimate of drug-likeness (QED) is 0.666. The third kappa shape index (κ3) is 4.26. The normalized spacial score (nSPS) is 10.1. The van der Waals surface area contributed by atoms with Gasteiger partial charge in [-0.3, -0.25) is 4.79 Å². The standard InChI is InChI=1S/C16H14ClNO3S/c1-22-14-9-5-4-8-13(14)18-15(19)10-21-16(20)11-6-2-3-7-12(11)17/h2-9H,10H2,1H3,(H,18,19). The van der Waals surface area contributed by atoms with Gasteiger partial charge in [-0.2, -0.15) is 0 Å². The van der Waals surface area contributed by atoms with Gasteiger partial charge in [-0.25, -0.2) is 4.79 Å². The van der Waals surface area contributed by atoms with Crippen LogP contribution in [0.3, 0.4) is 0 Å². The second kappa shape index (κ2) is 7.87. The fraction of sp³-hybridized carbons (Fsp3) is 0.125. The Morgan fingerprint density at radius 2 is 1.82 bits per heavy atom. The molecular formula is C16H14ClNO3S. The monoisotopic (exact) mass is 335 g/mol. The fourth-order valence-corrected chi connectivity index (χ4v) is 2.54. The Bertz CT molecular complexity index is 691. The van der Waals surface area contributed by atoms with E-state index < -0.39 is 11.9 Å². The van der Waals surface area contributed by atoms with Gasteiger partial charge in [0.2, 0.25) is 0 Å². The Labute approximate surface area is 137 Å². The number of nitrogens with one attached hydrogen (secondary N) is 1. The molecule has 0 saturated heterocycles. The van der Waals surface area contributed by atoms with Crippen molar-refractivity contribution in [2.45, 2.75) is 4.90 Å². The summed E-state index contributed by atoms with van der Waals surface area (Å²) in [6, 6.07) is 13.9. The van der Waals surface area contributed by atoms with Crippen LogP contribution in [0.15, 0.2) is 53.4 Å². The van der Waals surface area contributed by atoms with Gasteiger partial charge in [-0.1, -0.05) is 35.9 Å². The molecule has 2 rings (SSSR count). The minimum Gasteiger partial charge on any atom is -0.452 e. The highest BCUT2D eigenvalue weighted by Crippen LogP contribution is 2.24. The Morgan fingerprint density at radius 3 is 2.55 bits per heavy atom. The molecule has 0 bridgehead atoms. The molecule has 2 aromatic rings. The van der Waals surface area contributed by atoms with Gasteiger partial charge < -0.3 is 10.1 Å². The van der Waals surface area contributed by atoms with Crippen molar-refractivity contribution in [1.29, 1.82) is 0 Å². The lowest BCUT2D eigenvalue weighted by Crippen LogP contribution is -2.21.